The normalized spacial score (nSPS) is 17.8. The van der Waals surface area contributed by atoms with E-state index < -0.39 is 8.07 Å². The van der Waals surface area contributed by atoms with Gasteiger partial charge in [-0.15, -0.1) is 24.8 Å². The second kappa shape index (κ2) is 9.66. The SMILES string of the molecule is C[Si](C)(C)CCCOC1CCN(c2ccc(N)cc2)C1.Cl.Cl. The van der Waals surface area contributed by atoms with Crippen molar-refractivity contribution in [3.05, 3.63) is 24.3 Å². The summed E-state index contributed by atoms with van der Waals surface area (Å²) in [6, 6.07) is 9.50. The van der Waals surface area contributed by atoms with Gasteiger partial charge in [0.05, 0.1) is 6.10 Å². The number of benzene rings is 1. The molecule has 128 valence electrons. The third-order valence-corrected chi connectivity index (χ3v) is 5.68. The molecule has 0 aromatic heterocycles. The van der Waals surface area contributed by atoms with Gasteiger partial charge in [0.25, 0.3) is 0 Å². The smallest absolute Gasteiger partial charge is 0.0766 e. The van der Waals surface area contributed by atoms with Gasteiger partial charge in [0.15, 0.2) is 0 Å². The minimum Gasteiger partial charge on any atom is -0.399 e. The van der Waals surface area contributed by atoms with Gasteiger partial charge in [0.1, 0.15) is 0 Å². The van der Waals surface area contributed by atoms with Crippen LogP contribution in [0.1, 0.15) is 12.8 Å². The Bertz CT molecular complexity index is 423. The first-order chi connectivity index (χ1) is 9.44. The molecule has 0 spiro atoms. The first-order valence-electron chi connectivity index (χ1n) is 7.66. The number of ether oxygens (including phenoxy) is 1. The van der Waals surface area contributed by atoms with E-state index in [1.165, 1.54) is 18.2 Å². The van der Waals surface area contributed by atoms with Crippen molar-refractivity contribution >= 4 is 44.3 Å². The van der Waals surface area contributed by atoms with Crippen molar-refractivity contribution in [2.24, 2.45) is 0 Å². The van der Waals surface area contributed by atoms with Gasteiger partial charge < -0.3 is 15.4 Å². The molecule has 1 heterocycles. The maximum absolute atomic E-state index is 6.03. The number of hydrogen-bond donors (Lipinski definition) is 1. The summed E-state index contributed by atoms with van der Waals surface area (Å²) in [7, 11) is -0.908. The van der Waals surface area contributed by atoms with E-state index >= 15 is 0 Å². The molecule has 1 aromatic carbocycles. The molecule has 1 aliphatic heterocycles. The van der Waals surface area contributed by atoms with E-state index in [9.17, 15) is 0 Å². The molecule has 0 aliphatic carbocycles. The maximum atomic E-state index is 6.03. The molecule has 1 saturated heterocycles. The van der Waals surface area contributed by atoms with Crippen LogP contribution >= 0.6 is 24.8 Å². The fourth-order valence-electron chi connectivity index (χ4n) is 2.64. The van der Waals surface area contributed by atoms with Crippen molar-refractivity contribution in [3.63, 3.8) is 0 Å². The van der Waals surface area contributed by atoms with Gasteiger partial charge in [-0.1, -0.05) is 25.7 Å². The fraction of sp³-hybridized carbons (Fsp3) is 0.625. The number of hydrogen-bond acceptors (Lipinski definition) is 3. The maximum Gasteiger partial charge on any atom is 0.0766 e. The van der Waals surface area contributed by atoms with Crippen LogP contribution in [0.15, 0.2) is 24.3 Å². The van der Waals surface area contributed by atoms with Crippen molar-refractivity contribution in [1.29, 1.82) is 0 Å². The third-order valence-electron chi connectivity index (χ3n) is 3.83. The lowest BCUT2D eigenvalue weighted by atomic mass is 10.2. The van der Waals surface area contributed by atoms with Gasteiger partial charge in [-0.2, -0.15) is 0 Å². The summed E-state index contributed by atoms with van der Waals surface area (Å²) in [6.45, 7) is 10.3. The van der Waals surface area contributed by atoms with Crippen LogP contribution in [0.4, 0.5) is 11.4 Å². The summed E-state index contributed by atoms with van der Waals surface area (Å²) in [4.78, 5) is 2.39. The van der Waals surface area contributed by atoms with E-state index in [2.05, 4.69) is 36.7 Å². The predicted octanol–water partition coefficient (Wildman–Crippen LogP) is 4.44. The van der Waals surface area contributed by atoms with Crippen LogP contribution in [-0.4, -0.2) is 33.9 Å². The Hall–Kier alpha value is -0.423. The number of nitrogens with two attached hydrogens (primary N) is 1. The average molecular weight is 365 g/mol. The molecule has 0 radical (unpaired) electrons. The van der Waals surface area contributed by atoms with E-state index in [0.717, 1.165) is 31.8 Å². The lowest BCUT2D eigenvalue weighted by Crippen LogP contribution is -2.24. The van der Waals surface area contributed by atoms with Crippen LogP contribution in [0.25, 0.3) is 0 Å². The highest BCUT2D eigenvalue weighted by atomic mass is 35.5. The summed E-state index contributed by atoms with van der Waals surface area (Å²) >= 11 is 0. The molecular formula is C16H30Cl2N2OSi. The molecule has 0 saturated carbocycles. The van der Waals surface area contributed by atoms with Crippen LogP contribution < -0.4 is 10.6 Å². The summed E-state index contributed by atoms with van der Waals surface area (Å²) in [6.07, 6.45) is 2.75. The zero-order valence-corrected chi connectivity index (χ0v) is 16.5. The van der Waals surface area contributed by atoms with Crippen molar-refractivity contribution < 1.29 is 4.74 Å². The molecule has 1 atom stereocenters. The number of anilines is 2. The molecule has 22 heavy (non-hydrogen) atoms. The van der Waals surface area contributed by atoms with E-state index in [0.29, 0.717) is 6.10 Å². The number of rotatable bonds is 6. The van der Waals surface area contributed by atoms with E-state index in [-0.39, 0.29) is 24.8 Å². The molecule has 0 amide bonds. The molecular weight excluding hydrogens is 335 g/mol. The predicted molar refractivity (Wildman–Crippen MR) is 105 cm³/mol. The zero-order valence-electron chi connectivity index (χ0n) is 13.9. The van der Waals surface area contributed by atoms with Gasteiger partial charge in [0, 0.05) is 39.1 Å². The second-order valence-corrected chi connectivity index (χ2v) is 12.6. The Morgan fingerprint density at radius 2 is 1.82 bits per heavy atom. The van der Waals surface area contributed by atoms with Gasteiger partial charge in [0.2, 0.25) is 0 Å². The highest BCUT2D eigenvalue weighted by molar-refractivity contribution is 6.76. The zero-order chi connectivity index (χ0) is 14.6. The molecule has 2 rings (SSSR count). The van der Waals surface area contributed by atoms with Gasteiger partial charge in [-0.3, -0.25) is 0 Å². The van der Waals surface area contributed by atoms with Crippen LogP contribution in [0.3, 0.4) is 0 Å². The molecule has 1 fully saturated rings. The van der Waals surface area contributed by atoms with E-state index in [4.69, 9.17) is 10.5 Å². The molecule has 3 nitrogen and oxygen atoms in total. The molecule has 1 aliphatic rings. The Balaban J connectivity index is 0.00000220. The average Bonchev–Trinajstić information content (AvgIpc) is 2.83. The van der Waals surface area contributed by atoms with E-state index in [1.54, 1.807) is 0 Å². The van der Waals surface area contributed by atoms with Crippen molar-refractivity contribution in [3.8, 4) is 0 Å². The second-order valence-electron chi connectivity index (χ2n) is 6.98. The van der Waals surface area contributed by atoms with Gasteiger partial charge in [-0.25, -0.2) is 0 Å². The molecule has 1 unspecified atom stereocenters. The van der Waals surface area contributed by atoms with Gasteiger partial charge >= 0.3 is 0 Å². The highest BCUT2D eigenvalue weighted by Gasteiger charge is 2.23. The lowest BCUT2D eigenvalue weighted by Gasteiger charge is -2.19. The van der Waals surface area contributed by atoms with Crippen molar-refractivity contribution in [1.82, 2.24) is 0 Å². The van der Waals surface area contributed by atoms with Crippen molar-refractivity contribution in [2.45, 2.75) is 44.6 Å². The van der Waals surface area contributed by atoms with Crippen molar-refractivity contribution in [2.75, 3.05) is 30.3 Å². The summed E-state index contributed by atoms with van der Waals surface area (Å²) < 4.78 is 6.03. The first kappa shape index (κ1) is 21.6. The molecule has 2 N–H and O–H groups in total. The highest BCUT2D eigenvalue weighted by Crippen LogP contribution is 2.23. The van der Waals surface area contributed by atoms with Crippen LogP contribution in [-0.2, 0) is 4.74 Å². The quantitative estimate of drug-likeness (QED) is 0.460. The third kappa shape index (κ3) is 7.23. The van der Waals surface area contributed by atoms with Crippen LogP contribution in [0, 0.1) is 0 Å². The number of nitrogen functional groups attached to an aromatic ring is 1. The summed E-state index contributed by atoms with van der Waals surface area (Å²) in [5.41, 5.74) is 7.81. The molecule has 0 bridgehead atoms. The van der Waals surface area contributed by atoms with Gasteiger partial charge in [-0.05, 0) is 37.1 Å². The summed E-state index contributed by atoms with van der Waals surface area (Å²) in [5, 5.41) is 0. The van der Waals surface area contributed by atoms with Crippen LogP contribution in [0.5, 0.6) is 0 Å². The summed E-state index contributed by atoms with van der Waals surface area (Å²) in [5.74, 6) is 0. The molecule has 1 aromatic rings. The lowest BCUT2D eigenvalue weighted by molar-refractivity contribution is 0.0686. The Morgan fingerprint density at radius 3 is 2.41 bits per heavy atom. The topological polar surface area (TPSA) is 38.5 Å². The Kier molecular flexibility index (Phi) is 9.47. The minimum atomic E-state index is -0.908. The van der Waals surface area contributed by atoms with Crippen LogP contribution in [0.2, 0.25) is 25.7 Å². The first-order valence-corrected chi connectivity index (χ1v) is 11.4. The monoisotopic (exact) mass is 364 g/mol. The Morgan fingerprint density at radius 1 is 1.18 bits per heavy atom. The number of nitrogens with zero attached hydrogens (tertiary/aromatic N) is 1. The largest absolute Gasteiger partial charge is 0.399 e. The van der Waals surface area contributed by atoms with E-state index in [1.807, 2.05) is 12.1 Å². The Labute approximate surface area is 148 Å². The standard InChI is InChI=1S/C16H28N2OSi.2ClH/c1-20(2,3)12-4-11-19-16-9-10-18(13-16)15-7-5-14(17)6-8-15;;/h5-8,16H,4,9-13,17H2,1-3H3;2*1H. The molecule has 6 heteroatoms. The minimum absolute atomic E-state index is 0. The fourth-order valence-corrected chi connectivity index (χ4v) is 3.84. The number of halogens is 2.